The minimum absolute atomic E-state index is 0.347. The maximum absolute atomic E-state index is 10.6. The van der Waals surface area contributed by atoms with Crippen molar-refractivity contribution in [2.24, 2.45) is 17.2 Å². The molecule has 25 heavy (non-hydrogen) atoms. The lowest BCUT2D eigenvalue weighted by molar-refractivity contribution is -0.139. The maximum Gasteiger partial charge on any atom is 0.320 e. The SMILES string of the molecule is NC(Cc1c[nH]c2ccccc12)C(=O)O.NCCCCC(N)C(=O)O. The molecular formula is C17H26N4O4. The monoisotopic (exact) mass is 350 g/mol. The molecule has 0 radical (unpaired) electrons. The summed E-state index contributed by atoms with van der Waals surface area (Å²) < 4.78 is 0. The lowest BCUT2D eigenvalue weighted by Crippen LogP contribution is -2.32. The smallest absolute Gasteiger partial charge is 0.320 e. The fourth-order valence-electron chi connectivity index (χ4n) is 2.26. The summed E-state index contributed by atoms with van der Waals surface area (Å²) in [6.45, 7) is 0.604. The quantitative estimate of drug-likeness (QED) is 0.380. The number of benzene rings is 1. The van der Waals surface area contributed by atoms with Gasteiger partial charge in [0.15, 0.2) is 0 Å². The van der Waals surface area contributed by atoms with Gasteiger partial charge >= 0.3 is 11.9 Å². The molecule has 1 heterocycles. The number of H-pyrrole nitrogens is 1. The molecule has 2 rings (SSSR count). The van der Waals surface area contributed by atoms with E-state index in [1.807, 2.05) is 30.5 Å². The van der Waals surface area contributed by atoms with Crippen LogP contribution in [-0.2, 0) is 16.0 Å². The molecule has 9 N–H and O–H groups in total. The van der Waals surface area contributed by atoms with Gasteiger partial charge in [0.05, 0.1) is 0 Å². The number of aromatic nitrogens is 1. The van der Waals surface area contributed by atoms with Gasteiger partial charge in [-0.15, -0.1) is 0 Å². The Hall–Kier alpha value is -2.42. The number of carboxylic acid groups (broad SMARTS) is 2. The Morgan fingerprint density at radius 2 is 1.68 bits per heavy atom. The first-order chi connectivity index (χ1) is 11.9. The lowest BCUT2D eigenvalue weighted by Gasteiger charge is -2.04. The standard InChI is InChI=1S/C11H12N2O2.C6H14N2O2/c12-9(11(14)15)5-7-6-13-10-4-2-1-3-8(7)10;7-4-2-1-3-5(8)6(9)10/h1-4,6,9,13H,5,12H2,(H,14,15);5H,1-4,7-8H2,(H,9,10). The van der Waals surface area contributed by atoms with Gasteiger partial charge in [-0.1, -0.05) is 24.6 Å². The first kappa shape index (κ1) is 20.6. The van der Waals surface area contributed by atoms with Crippen LogP contribution in [0.25, 0.3) is 10.9 Å². The molecule has 1 aromatic heterocycles. The average molecular weight is 350 g/mol. The van der Waals surface area contributed by atoms with E-state index in [-0.39, 0.29) is 0 Å². The van der Waals surface area contributed by atoms with Crippen molar-refractivity contribution in [3.05, 3.63) is 36.0 Å². The summed E-state index contributed by atoms with van der Waals surface area (Å²) in [6.07, 6.45) is 4.32. The summed E-state index contributed by atoms with van der Waals surface area (Å²) in [7, 11) is 0. The van der Waals surface area contributed by atoms with Gasteiger partial charge in [0.1, 0.15) is 12.1 Å². The van der Waals surface area contributed by atoms with Gasteiger partial charge in [-0.2, -0.15) is 0 Å². The fourth-order valence-corrected chi connectivity index (χ4v) is 2.26. The number of aromatic amines is 1. The Bertz CT molecular complexity index is 686. The average Bonchev–Trinajstić information content (AvgIpc) is 2.98. The Morgan fingerprint density at radius 3 is 2.28 bits per heavy atom. The van der Waals surface area contributed by atoms with Crippen LogP contribution < -0.4 is 17.2 Å². The van der Waals surface area contributed by atoms with Gasteiger partial charge in [0.25, 0.3) is 0 Å². The van der Waals surface area contributed by atoms with E-state index in [2.05, 4.69) is 4.98 Å². The first-order valence-electron chi connectivity index (χ1n) is 8.08. The second-order valence-electron chi connectivity index (χ2n) is 5.74. The largest absolute Gasteiger partial charge is 0.480 e. The first-order valence-corrected chi connectivity index (χ1v) is 8.08. The summed E-state index contributed by atoms with van der Waals surface area (Å²) in [5, 5.41) is 18.1. The number of hydrogen-bond acceptors (Lipinski definition) is 5. The highest BCUT2D eigenvalue weighted by molar-refractivity contribution is 5.84. The number of carboxylic acids is 2. The van der Waals surface area contributed by atoms with Crippen molar-refractivity contribution in [3.8, 4) is 0 Å². The fraction of sp³-hybridized carbons (Fsp3) is 0.412. The van der Waals surface area contributed by atoms with Gasteiger partial charge < -0.3 is 32.4 Å². The molecule has 0 amide bonds. The number of nitrogens with one attached hydrogen (secondary N) is 1. The summed E-state index contributed by atoms with van der Waals surface area (Å²) in [5.74, 6) is -1.91. The van der Waals surface area contributed by atoms with Crippen molar-refractivity contribution in [3.63, 3.8) is 0 Å². The van der Waals surface area contributed by atoms with Crippen molar-refractivity contribution in [2.45, 2.75) is 37.8 Å². The van der Waals surface area contributed by atoms with Crippen molar-refractivity contribution < 1.29 is 19.8 Å². The van der Waals surface area contributed by atoms with Crippen LogP contribution in [0.1, 0.15) is 24.8 Å². The van der Waals surface area contributed by atoms with Crippen LogP contribution in [0.5, 0.6) is 0 Å². The van der Waals surface area contributed by atoms with E-state index >= 15 is 0 Å². The predicted molar refractivity (Wildman–Crippen MR) is 96.1 cm³/mol. The van der Waals surface area contributed by atoms with Crippen molar-refractivity contribution in [1.29, 1.82) is 0 Å². The Kier molecular flexibility index (Phi) is 8.62. The number of aliphatic carboxylic acids is 2. The highest BCUT2D eigenvalue weighted by Crippen LogP contribution is 2.18. The molecule has 2 unspecified atom stereocenters. The normalized spacial score (nSPS) is 12.9. The number of unbranched alkanes of at least 4 members (excludes halogenated alkanes) is 1. The Morgan fingerprint density at radius 1 is 1.04 bits per heavy atom. The second-order valence-corrected chi connectivity index (χ2v) is 5.74. The molecule has 0 saturated heterocycles. The van der Waals surface area contributed by atoms with Crippen molar-refractivity contribution in [2.75, 3.05) is 6.54 Å². The maximum atomic E-state index is 10.6. The molecule has 0 spiro atoms. The predicted octanol–water partition coefficient (Wildman–Crippen LogP) is 0.650. The zero-order chi connectivity index (χ0) is 18.8. The molecule has 0 saturated carbocycles. The highest BCUT2D eigenvalue weighted by Gasteiger charge is 2.14. The molecule has 0 aliphatic rings. The molecule has 0 fully saturated rings. The molecule has 0 aliphatic carbocycles. The third-order valence-electron chi connectivity index (χ3n) is 3.72. The Balaban J connectivity index is 0.000000275. The Labute approximate surface area is 146 Å². The summed E-state index contributed by atoms with van der Waals surface area (Å²) in [4.78, 5) is 23.8. The lowest BCUT2D eigenvalue weighted by atomic mass is 10.1. The van der Waals surface area contributed by atoms with Crippen LogP contribution >= 0.6 is 0 Å². The molecule has 8 nitrogen and oxygen atoms in total. The van der Waals surface area contributed by atoms with E-state index < -0.39 is 24.0 Å². The van der Waals surface area contributed by atoms with Crippen molar-refractivity contribution >= 4 is 22.8 Å². The molecule has 1 aromatic carbocycles. The van der Waals surface area contributed by atoms with Crippen LogP contribution in [0.4, 0.5) is 0 Å². The minimum atomic E-state index is -0.972. The number of carbonyl (C=O) groups is 2. The molecule has 138 valence electrons. The van der Waals surface area contributed by atoms with Crippen LogP contribution in [0.2, 0.25) is 0 Å². The van der Waals surface area contributed by atoms with Gasteiger partial charge in [0, 0.05) is 23.5 Å². The minimum Gasteiger partial charge on any atom is -0.480 e. The van der Waals surface area contributed by atoms with Gasteiger partial charge in [0.2, 0.25) is 0 Å². The van der Waals surface area contributed by atoms with E-state index in [4.69, 9.17) is 27.4 Å². The van der Waals surface area contributed by atoms with Crippen LogP contribution in [-0.4, -0.2) is 45.8 Å². The van der Waals surface area contributed by atoms with E-state index in [9.17, 15) is 9.59 Å². The van der Waals surface area contributed by atoms with Gasteiger partial charge in [-0.25, -0.2) is 0 Å². The molecule has 0 bridgehead atoms. The van der Waals surface area contributed by atoms with Crippen LogP contribution in [0.3, 0.4) is 0 Å². The van der Waals surface area contributed by atoms with Gasteiger partial charge in [-0.3, -0.25) is 9.59 Å². The third kappa shape index (κ3) is 6.92. The van der Waals surface area contributed by atoms with E-state index in [0.717, 1.165) is 29.3 Å². The van der Waals surface area contributed by atoms with Crippen molar-refractivity contribution in [1.82, 2.24) is 4.98 Å². The zero-order valence-electron chi connectivity index (χ0n) is 14.0. The molecule has 2 aromatic rings. The molecule has 0 aliphatic heterocycles. The van der Waals surface area contributed by atoms with E-state index in [1.54, 1.807) is 0 Å². The summed E-state index contributed by atoms with van der Waals surface area (Å²) in [6, 6.07) is 6.20. The number of rotatable bonds is 8. The van der Waals surface area contributed by atoms with Crippen LogP contribution in [0.15, 0.2) is 30.5 Å². The number of nitrogens with two attached hydrogens (primary N) is 3. The topological polar surface area (TPSA) is 168 Å². The number of hydrogen-bond donors (Lipinski definition) is 6. The van der Waals surface area contributed by atoms with Crippen LogP contribution in [0, 0.1) is 0 Å². The summed E-state index contributed by atoms with van der Waals surface area (Å²) in [5.41, 5.74) is 17.9. The number of para-hydroxylation sites is 1. The van der Waals surface area contributed by atoms with Gasteiger partial charge in [-0.05, 0) is 31.0 Å². The highest BCUT2D eigenvalue weighted by atomic mass is 16.4. The van der Waals surface area contributed by atoms with E-state index in [1.165, 1.54) is 0 Å². The molecule has 8 heteroatoms. The second kappa shape index (κ2) is 10.4. The number of fused-ring (bicyclic) bond motifs is 1. The molecule has 2 atom stereocenters. The summed E-state index contributed by atoms with van der Waals surface area (Å²) >= 11 is 0. The zero-order valence-corrected chi connectivity index (χ0v) is 14.0. The third-order valence-corrected chi connectivity index (χ3v) is 3.72. The molecular weight excluding hydrogens is 324 g/mol. The van der Waals surface area contributed by atoms with E-state index in [0.29, 0.717) is 19.4 Å².